The van der Waals surface area contributed by atoms with Crippen LogP contribution in [0.15, 0.2) is 36.7 Å². The molecule has 0 radical (unpaired) electrons. The standard InChI is InChI=1S/C22H29N7O/c1-15(2)26-21(30)17-4-6-19(7-5-17)28-13-22(14-28,8-9-23)29-12-18(10-25-29)20-11-24-27-16(20)3/h4-7,10,12,15-16,20,24,27H,8,11,13-14H2,1-3H3,(H,26,30). The minimum Gasteiger partial charge on any atom is -0.366 e. The van der Waals surface area contributed by atoms with Crippen molar-refractivity contribution in [1.29, 1.82) is 5.26 Å². The van der Waals surface area contributed by atoms with E-state index >= 15 is 0 Å². The number of nitriles is 1. The second kappa shape index (κ2) is 8.09. The summed E-state index contributed by atoms with van der Waals surface area (Å²) in [6.45, 7) is 8.36. The number of nitrogens with zero attached hydrogens (tertiary/aromatic N) is 4. The van der Waals surface area contributed by atoms with Crippen LogP contribution >= 0.6 is 0 Å². The maximum absolute atomic E-state index is 12.1. The summed E-state index contributed by atoms with van der Waals surface area (Å²) >= 11 is 0. The molecule has 4 rings (SSSR count). The van der Waals surface area contributed by atoms with E-state index in [1.807, 2.05) is 49.0 Å². The summed E-state index contributed by atoms with van der Waals surface area (Å²) in [7, 11) is 0. The van der Waals surface area contributed by atoms with Crippen molar-refractivity contribution in [2.75, 3.05) is 24.5 Å². The van der Waals surface area contributed by atoms with Gasteiger partial charge in [-0.1, -0.05) is 0 Å². The average molecular weight is 408 g/mol. The molecule has 1 aromatic carbocycles. The normalized spacial score (nSPS) is 22.6. The van der Waals surface area contributed by atoms with Gasteiger partial charge in [0.1, 0.15) is 5.54 Å². The SMILES string of the molecule is CC(C)NC(=O)c1ccc(N2CC(CC#N)(n3cc(C4CNNC4C)cn3)C2)cc1. The van der Waals surface area contributed by atoms with Crippen LogP contribution in [-0.2, 0) is 5.54 Å². The van der Waals surface area contributed by atoms with E-state index < -0.39 is 0 Å². The van der Waals surface area contributed by atoms with E-state index in [2.05, 4.69) is 45.4 Å². The predicted octanol–water partition coefficient (Wildman–Crippen LogP) is 1.73. The molecule has 30 heavy (non-hydrogen) atoms. The first-order valence-electron chi connectivity index (χ1n) is 10.5. The van der Waals surface area contributed by atoms with E-state index in [0.717, 1.165) is 25.3 Å². The molecular formula is C22H29N7O. The van der Waals surface area contributed by atoms with Gasteiger partial charge in [0.15, 0.2) is 0 Å². The highest BCUT2D eigenvalue weighted by atomic mass is 16.1. The third-order valence-corrected chi connectivity index (χ3v) is 6.06. The molecule has 3 heterocycles. The molecule has 2 aliphatic heterocycles. The lowest BCUT2D eigenvalue weighted by Gasteiger charge is -2.50. The molecule has 2 saturated heterocycles. The lowest BCUT2D eigenvalue weighted by molar-refractivity contribution is 0.0943. The van der Waals surface area contributed by atoms with E-state index in [-0.39, 0.29) is 17.5 Å². The van der Waals surface area contributed by atoms with Gasteiger partial charge in [-0.3, -0.25) is 20.3 Å². The fourth-order valence-electron chi connectivity index (χ4n) is 4.30. The number of amides is 1. The minimum atomic E-state index is -0.316. The summed E-state index contributed by atoms with van der Waals surface area (Å²) in [5.41, 5.74) is 9.02. The third kappa shape index (κ3) is 3.78. The summed E-state index contributed by atoms with van der Waals surface area (Å²) < 4.78 is 1.98. The third-order valence-electron chi connectivity index (χ3n) is 6.06. The van der Waals surface area contributed by atoms with Crippen molar-refractivity contribution in [2.24, 2.45) is 0 Å². The molecule has 8 nitrogen and oxygen atoms in total. The Labute approximate surface area is 177 Å². The van der Waals surface area contributed by atoms with Gasteiger partial charge in [0, 0.05) is 55.1 Å². The molecule has 1 amide bonds. The van der Waals surface area contributed by atoms with E-state index in [0.29, 0.717) is 23.9 Å². The molecule has 0 aliphatic carbocycles. The van der Waals surface area contributed by atoms with Crippen LogP contribution in [0.4, 0.5) is 5.69 Å². The summed E-state index contributed by atoms with van der Waals surface area (Å²) in [6.07, 6.45) is 4.44. The zero-order chi connectivity index (χ0) is 21.3. The first-order chi connectivity index (χ1) is 14.4. The monoisotopic (exact) mass is 407 g/mol. The molecule has 0 spiro atoms. The molecule has 2 atom stereocenters. The maximum atomic E-state index is 12.1. The van der Waals surface area contributed by atoms with E-state index in [1.165, 1.54) is 5.56 Å². The van der Waals surface area contributed by atoms with Crippen LogP contribution in [0.1, 0.15) is 49.0 Å². The molecule has 2 fully saturated rings. The van der Waals surface area contributed by atoms with Gasteiger partial charge in [-0.15, -0.1) is 0 Å². The van der Waals surface area contributed by atoms with Crippen LogP contribution < -0.4 is 21.1 Å². The smallest absolute Gasteiger partial charge is 0.251 e. The van der Waals surface area contributed by atoms with Crippen molar-refractivity contribution < 1.29 is 4.79 Å². The Bertz CT molecular complexity index is 937. The van der Waals surface area contributed by atoms with Gasteiger partial charge < -0.3 is 10.2 Å². The number of nitrogens with one attached hydrogen (secondary N) is 3. The van der Waals surface area contributed by atoms with Crippen molar-refractivity contribution in [3.63, 3.8) is 0 Å². The molecule has 2 aliphatic rings. The first-order valence-corrected chi connectivity index (χ1v) is 10.5. The fourth-order valence-corrected chi connectivity index (χ4v) is 4.30. The van der Waals surface area contributed by atoms with Crippen molar-refractivity contribution in [3.05, 3.63) is 47.8 Å². The minimum absolute atomic E-state index is 0.0619. The highest BCUT2D eigenvalue weighted by Gasteiger charge is 2.46. The van der Waals surface area contributed by atoms with Gasteiger partial charge in [0.05, 0.1) is 18.7 Å². The number of hydrogen-bond donors (Lipinski definition) is 3. The summed E-state index contributed by atoms with van der Waals surface area (Å²) in [5, 5.41) is 17.0. The average Bonchev–Trinajstić information content (AvgIpc) is 3.33. The molecular weight excluding hydrogens is 378 g/mol. The van der Waals surface area contributed by atoms with Crippen LogP contribution in [0, 0.1) is 11.3 Å². The molecule has 0 bridgehead atoms. The number of rotatable bonds is 6. The largest absolute Gasteiger partial charge is 0.366 e. The van der Waals surface area contributed by atoms with E-state index in [4.69, 9.17) is 0 Å². The number of anilines is 1. The molecule has 8 heteroatoms. The van der Waals surface area contributed by atoms with E-state index in [1.54, 1.807) is 0 Å². The summed E-state index contributed by atoms with van der Waals surface area (Å²) in [5.74, 6) is 0.312. The Kier molecular flexibility index (Phi) is 5.50. The number of carbonyl (C=O) groups is 1. The second-order valence-corrected chi connectivity index (χ2v) is 8.73. The molecule has 0 saturated carbocycles. The van der Waals surface area contributed by atoms with Crippen molar-refractivity contribution in [1.82, 2.24) is 25.9 Å². The Balaban J connectivity index is 1.46. The molecule has 2 aromatic rings. The van der Waals surface area contributed by atoms with Gasteiger partial charge in [-0.2, -0.15) is 10.4 Å². The van der Waals surface area contributed by atoms with Crippen molar-refractivity contribution in [3.8, 4) is 6.07 Å². The topological polar surface area (TPSA) is 98.0 Å². The van der Waals surface area contributed by atoms with Gasteiger partial charge in [-0.25, -0.2) is 0 Å². The fraction of sp³-hybridized carbons (Fsp3) is 0.500. The number of benzene rings is 1. The quantitative estimate of drug-likeness (QED) is 0.675. The highest BCUT2D eigenvalue weighted by molar-refractivity contribution is 5.94. The van der Waals surface area contributed by atoms with Crippen molar-refractivity contribution in [2.45, 2.75) is 50.7 Å². The highest BCUT2D eigenvalue weighted by Crippen LogP contribution is 2.36. The van der Waals surface area contributed by atoms with Gasteiger partial charge in [0.2, 0.25) is 0 Å². The zero-order valence-corrected chi connectivity index (χ0v) is 17.7. The number of hydrogen-bond acceptors (Lipinski definition) is 6. The molecule has 1 aromatic heterocycles. The Morgan fingerprint density at radius 2 is 2.10 bits per heavy atom. The van der Waals surface area contributed by atoms with Crippen LogP contribution in [0.5, 0.6) is 0 Å². The van der Waals surface area contributed by atoms with Crippen molar-refractivity contribution >= 4 is 11.6 Å². The van der Waals surface area contributed by atoms with Crippen LogP contribution in [0.2, 0.25) is 0 Å². The number of hydrazine groups is 1. The van der Waals surface area contributed by atoms with E-state index in [9.17, 15) is 10.1 Å². The lowest BCUT2D eigenvalue weighted by atomic mass is 9.86. The van der Waals surface area contributed by atoms with Gasteiger partial charge in [-0.05, 0) is 50.6 Å². The van der Waals surface area contributed by atoms with Crippen LogP contribution in [-0.4, -0.2) is 47.4 Å². The number of aromatic nitrogens is 2. The Morgan fingerprint density at radius 3 is 2.70 bits per heavy atom. The molecule has 3 N–H and O–H groups in total. The molecule has 2 unspecified atom stereocenters. The Hall–Kier alpha value is -2.89. The predicted molar refractivity (Wildman–Crippen MR) is 115 cm³/mol. The zero-order valence-electron chi connectivity index (χ0n) is 17.7. The van der Waals surface area contributed by atoms with Gasteiger partial charge in [0.25, 0.3) is 5.91 Å². The Morgan fingerprint density at radius 1 is 1.37 bits per heavy atom. The van der Waals surface area contributed by atoms with Crippen LogP contribution in [0.25, 0.3) is 0 Å². The summed E-state index contributed by atoms with van der Waals surface area (Å²) in [6, 6.07) is 10.4. The number of carbonyl (C=O) groups excluding carboxylic acids is 1. The molecule has 158 valence electrons. The van der Waals surface area contributed by atoms with Gasteiger partial charge >= 0.3 is 0 Å². The summed E-state index contributed by atoms with van der Waals surface area (Å²) in [4.78, 5) is 14.4. The lowest BCUT2D eigenvalue weighted by Crippen LogP contribution is -2.63. The second-order valence-electron chi connectivity index (χ2n) is 8.73. The first kappa shape index (κ1) is 20.4. The van der Waals surface area contributed by atoms with Crippen LogP contribution in [0.3, 0.4) is 0 Å². The maximum Gasteiger partial charge on any atom is 0.251 e.